The van der Waals surface area contributed by atoms with Crippen LogP contribution in [0, 0.1) is 5.82 Å². The van der Waals surface area contributed by atoms with E-state index in [0.717, 1.165) is 16.7 Å². The Bertz CT molecular complexity index is 682. The molecule has 0 bridgehead atoms. The van der Waals surface area contributed by atoms with Crippen LogP contribution in [0.5, 0.6) is 0 Å². The SMILES string of the molecule is CC1(C)OB(c2ccc(NCc3ccc(F)cc3)cc2)OC1(C)C. The van der Waals surface area contributed by atoms with Crippen LogP contribution in [-0.4, -0.2) is 18.3 Å². The van der Waals surface area contributed by atoms with Gasteiger partial charge in [0.1, 0.15) is 5.82 Å². The largest absolute Gasteiger partial charge is 0.494 e. The lowest BCUT2D eigenvalue weighted by Gasteiger charge is -2.32. The molecular formula is C19H23BFNO2. The normalized spacial score (nSPS) is 18.6. The molecule has 0 aromatic heterocycles. The van der Waals surface area contributed by atoms with E-state index >= 15 is 0 Å². The van der Waals surface area contributed by atoms with E-state index in [4.69, 9.17) is 9.31 Å². The average Bonchev–Trinajstić information content (AvgIpc) is 2.75. The van der Waals surface area contributed by atoms with Crippen molar-refractivity contribution in [3.05, 3.63) is 59.9 Å². The summed E-state index contributed by atoms with van der Waals surface area (Å²) in [5.41, 5.74) is 2.36. The molecule has 24 heavy (non-hydrogen) atoms. The molecule has 2 aromatic carbocycles. The molecule has 3 rings (SSSR count). The molecule has 0 spiro atoms. The number of benzene rings is 2. The summed E-state index contributed by atoms with van der Waals surface area (Å²) >= 11 is 0. The molecule has 0 atom stereocenters. The highest BCUT2D eigenvalue weighted by atomic mass is 19.1. The third kappa shape index (κ3) is 3.47. The van der Waals surface area contributed by atoms with Gasteiger partial charge in [-0.05, 0) is 63.0 Å². The molecule has 2 aromatic rings. The van der Waals surface area contributed by atoms with Crippen LogP contribution < -0.4 is 10.8 Å². The summed E-state index contributed by atoms with van der Waals surface area (Å²) in [4.78, 5) is 0. The molecule has 1 N–H and O–H groups in total. The first-order chi connectivity index (χ1) is 11.3. The summed E-state index contributed by atoms with van der Waals surface area (Å²) in [5, 5.41) is 3.33. The first-order valence-corrected chi connectivity index (χ1v) is 8.21. The number of rotatable bonds is 4. The van der Waals surface area contributed by atoms with Crippen LogP contribution in [0.3, 0.4) is 0 Å². The number of anilines is 1. The van der Waals surface area contributed by atoms with Crippen LogP contribution in [0.2, 0.25) is 0 Å². The Balaban J connectivity index is 1.63. The van der Waals surface area contributed by atoms with Gasteiger partial charge in [0, 0.05) is 12.2 Å². The third-order valence-electron chi connectivity index (χ3n) is 4.85. The fraction of sp³-hybridized carbons (Fsp3) is 0.368. The lowest BCUT2D eigenvalue weighted by molar-refractivity contribution is 0.00578. The summed E-state index contributed by atoms with van der Waals surface area (Å²) in [7, 11) is -0.346. The first-order valence-electron chi connectivity index (χ1n) is 8.21. The molecule has 1 saturated heterocycles. The van der Waals surface area contributed by atoms with Crippen molar-refractivity contribution in [3.63, 3.8) is 0 Å². The topological polar surface area (TPSA) is 30.5 Å². The standard InChI is InChI=1S/C19H23BFNO2/c1-18(2)19(3,4)24-20(23-18)15-7-11-17(12-8-15)22-13-14-5-9-16(21)10-6-14/h5-12,22H,13H2,1-4H3. The molecule has 126 valence electrons. The van der Waals surface area contributed by atoms with Gasteiger partial charge in [0.25, 0.3) is 0 Å². The predicted molar refractivity (Wildman–Crippen MR) is 95.9 cm³/mol. The van der Waals surface area contributed by atoms with Gasteiger partial charge in [-0.3, -0.25) is 0 Å². The van der Waals surface area contributed by atoms with Crippen molar-refractivity contribution in [1.82, 2.24) is 0 Å². The number of hydrogen-bond donors (Lipinski definition) is 1. The Hall–Kier alpha value is -1.85. The van der Waals surface area contributed by atoms with Crippen molar-refractivity contribution in [2.75, 3.05) is 5.32 Å². The molecule has 3 nitrogen and oxygen atoms in total. The molecule has 0 radical (unpaired) electrons. The Morgan fingerprint density at radius 1 is 0.875 bits per heavy atom. The smallest absolute Gasteiger partial charge is 0.399 e. The lowest BCUT2D eigenvalue weighted by Crippen LogP contribution is -2.41. The van der Waals surface area contributed by atoms with E-state index in [1.165, 1.54) is 12.1 Å². The predicted octanol–water partition coefficient (Wildman–Crippen LogP) is 3.74. The molecule has 1 aliphatic rings. The molecule has 5 heteroatoms. The summed E-state index contributed by atoms with van der Waals surface area (Å²) in [6, 6.07) is 14.5. The highest BCUT2D eigenvalue weighted by Crippen LogP contribution is 2.36. The molecule has 1 heterocycles. The van der Waals surface area contributed by atoms with Gasteiger partial charge >= 0.3 is 7.12 Å². The minimum Gasteiger partial charge on any atom is -0.399 e. The molecule has 0 saturated carbocycles. The number of hydrogen-bond acceptors (Lipinski definition) is 3. The van der Waals surface area contributed by atoms with E-state index in [9.17, 15) is 4.39 Å². The molecule has 1 fully saturated rings. The van der Waals surface area contributed by atoms with Crippen LogP contribution in [0.25, 0.3) is 0 Å². The van der Waals surface area contributed by atoms with Gasteiger partial charge in [-0.1, -0.05) is 24.3 Å². The zero-order valence-electron chi connectivity index (χ0n) is 14.6. The Morgan fingerprint density at radius 2 is 1.42 bits per heavy atom. The van der Waals surface area contributed by atoms with Crippen LogP contribution in [0.15, 0.2) is 48.5 Å². The van der Waals surface area contributed by atoms with Gasteiger partial charge in [0.2, 0.25) is 0 Å². The van der Waals surface area contributed by atoms with Crippen LogP contribution in [0.4, 0.5) is 10.1 Å². The average molecular weight is 327 g/mol. The van der Waals surface area contributed by atoms with Crippen molar-refractivity contribution in [1.29, 1.82) is 0 Å². The maximum absolute atomic E-state index is 12.9. The summed E-state index contributed by atoms with van der Waals surface area (Å²) < 4.78 is 25.0. The van der Waals surface area contributed by atoms with Gasteiger partial charge in [0.05, 0.1) is 11.2 Å². The maximum atomic E-state index is 12.9. The van der Waals surface area contributed by atoms with Crippen molar-refractivity contribution < 1.29 is 13.7 Å². The van der Waals surface area contributed by atoms with E-state index in [1.54, 1.807) is 12.1 Å². The minimum absolute atomic E-state index is 0.217. The first kappa shape index (κ1) is 17.0. The molecule has 0 unspecified atom stereocenters. The van der Waals surface area contributed by atoms with E-state index in [-0.39, 0.29) is 24.1 Å². The fourth-order valence-corrected chi connectivity index (χ4v) is 2.54. The Kier molecular flexibility index (Phi) is 4.41. The van der Waals surface area contributed by atoms with Crippen molar-refractivity contribution in [2.45, 2.75) is 45.4 Å². The second-order valence-corrected chi connectivity index (χ2v) is 7.19. The molecule has 1 aliphatic heterocycles. The van der Waals surface area contributed by atoms with Gasteiger partial charge in [-0.25, -0.2) is 4.39 Å². The van der Waals surface area contributed by atoms with E-state index in [0.29, 0.717) is 6.54 Å². The molecular weight excluding hydrogens is 304 g/mol. The van der Waals surface area contributed by atoms with E-state index < -0.39 is 0 Å². The van der Waals surface area contributed by atoms with Crippen molar-refractivity contribution in [2.24, 2.45) is 0 Å². The molecule has 0 amide bonds. The van der Waals surface area contributed by atoms with Crippen LogP contribution in [0.1, 0.15) is 33.3 Å². The van der Waals surface area contributed by atoms with Crippen molar-refractivity contribution >= 4 is 18.3 Å². The highest BCUT2D eigenvalue weighted by molar-refractivity contribution is 6.62. The number of halogens is 1. The number of nitrogens with one attached hydrogen (secondary N) is 1. The zero-order valence-corrected chi connectivity index (χ0v) is 14.6. The van der Waals surface area contributed by atoms with Gasteiger partial charge in [0.15, 0.2) is 0 Å². The van der Waals surface area contributed by atoms with E-state index in [2.05, 4.69) is 5.32 Å². The van der Waals surface area contributed by atoms with Crippen LogP contribution in [-0.2, 0) is 15.9 Å². The second-order valence-electron chi connectivity index (χ2n) is 7.19. The molecule has 0 aliphatic carbocycles. The summed E-state index contributed by atoms with van der Waals surface area (Å²) in [6.07, 6.45) is 0. The van der Waals surface area contributed by atoms with E-state index in [1.807, 2.05) is 52.0 Å². The van der Waals surface area contributed by atoms with Gasteiger partial charge in [-0.2, -0.15) is 0 Å². The Labute approximate surface area is 143 Å². The minimum atomic E-state index is -0.346. The Morgan fingerprint density at radius 3 is 1.96 bits per heavy atom. The summed E-state index contributed by atoms with van der Waals surface area (Å²) in [6.45, 7) is 8.84. The van der Waals surface area contributed by atoms with Gasteiger partial charge in [-0.15, -0.1) is 0 Å². The summed E-state index contributed by atoms with van der Waals surface area (Å²) in [5.74, 6) is -0.217. The lowest BCUT2D eigenvalue weighted by atomic mass is 9.79. The van der Waals surface area contributed by atoms with Crippen LogP contribution >= 0.6 is 0 Å². The maximum Gasteiger partial charge on any atom is 0.494 e. The quantitative estimate of drug-likeness (QED) is 0.868. The fourth-order valence-electron chi connectivity index (χ4n) is 2.54. The third-order valence-corrected chi connectivity index (χ3v) is 4.85. The monoisotopic (exact) mass is 327 g/mol. The highest BCUT2D eigenvalue weighted by Gasteiger charge is 2.51. The second kappa shape index (κ2) is 6.23. The van der Waals surface area contributed by atoms with Crippen molar-refractivity contribution in [3.8, 4) is 0 Å². The zero-order chi connectivity index (χ0) is 17.4. The van der Waals surface area contributed by atoms with Gasteiger partial charge < -0.3 is 14.6 Å².